The van der Waals surface area contributed by atoms with E-state index in [1.54, 1.807) is 0 Å². The van der Waals surface area contributed by atoms with Crippen molar-refractivity contribution in [3.8, 4) is 6.07 Å². The molecule has 0 spiro atoms. The van der Waals surface area contributed by atoms with Gasteiger partial charge in [-0.25, -0.2) is 0 Å². The summed E-state index contributed by atoms with van der Waals surface area (Å²) in [5, 5.41) is 12.5. The van der Waals surface area contributed by atoms with Crippen LogP contribution >= 0.6 is 0 Å². The normalized spacial score (nSPS) is 23.1. The lowest BCUT2D eigenvalue weighted by Crippen LogP contribution is -2.22. The van der Waals surface area contributed by atoms with Crippen molar-refractivity contribution in [3.05, 3.63) is 24.3 Å². The van der Waals surface area contributed by atoms with Crippen LogP contribution < -0.4 is 10.2 Å². The van der Waals surface area contributed by atoms with Gasteiger partial charge in [0.15, 0.2) is 0 Å². The third-order valence-electron chi connectivity index (χ3n) is 3.42. The van der Waals surface area contributed by atoms with Crippen LogP contribution in [0, 0.1) is 17.2 Å². The lowest BCUT2D eigenvalue weighted by molar-refractivity contribution is 0.630. The van der Waals surface area contributed by atoms with E-state index in [1.165, 1.54) is 5.69 Å². The largest absolute Gasteiger partial charge is 0.381 e. The van der Waals surface area contributed by atoms with Gasteiger partial charge in [-0.3, -0.25) is 0 Å². The van der Waals surface area contributed by atoms with E-state index in [-0.39, 0.29) is 5.92 Å². The molecule has 17 heavy (non-hydrogen) atoms. The Bertz CT molecular complexity index is 402. The Kier molecular flexibility index (Phi) is 3.53. The second-order valence-corrected chi connectivity index (χ2v) is 4.86. The highest BCUT2D eigenvalue weighted by atomic mass is 15.1. The third-order valence-corrected chi connectivity index (χ3v) is 3.42. The standard InChI is InChI=1S/C14H19N3/c1-17(2)13-8-6-12(7-9-13)16-14-5-3-4-11(14)10-15/h6-9,11,14,16H,3-5H2,1-2H3. The van der Waals surface area contributed by atoms with Gasteiger partial charge in [0.1, 0.15) is 0 Å². The number of nitrogens with zero attached hydrogens (tertiary/aromatic N) is 2. The zero-order valence-electron chi connectivity index (χ0n) is 10.5. The minimum atomic E-state index is 0.170. The molecule has 3 nitrogen and oxygen atoms in total. The van der Waals surface area contributed by atoms with E-state index in [1.807, 2.05) is 14.1 Å². The van der Waals surface area contributed by atoms with Gasteiger partial charge in [-0.05, 0) is 43.5 Å². The summed E-state index contributed by atoms with van der Waals surface area (Å²) >= 11 is 0. The Hall–Kier alpha value is -1.69. The highest BCUT2D eigenvalue weighted by molar-refractivity contribution is 5.54. The molecule has 3 heteroatoms. The van der Waals surface area contributed by atoms with Crippen molar-refractivity contribution in [2.24, 2.45) is 5.92 Å². The minimum Gasteiger partial charge on any atom is -0.381 e. The molecule has 2 rings (SSSR count). The molecule has 0 radical (unpaired) electrons. The molecule has 90 valence electrons. The number of rotatable bonds is 3. The van der Waals surface area contributed by atoms with Gasteiger partial charge in [-0.1, -0.05) is 0 Å². The number of hydrogen-bond acceptors (Lipinski definition) is 3. The van der Waals surface area contributed by atoms with Crippen LogP contribution in [0.3, 0.4) is 0 Å². The molecule has 2 unspecified atom stereocenters. The van der Waals surface area contributed by atoms with E-state index in [0.29, 0.717) is 6.04 Å². The molecule has 0 heterocycles. The van der Waals surface area contributed by atoms with Crippen molar-refractivity contribution in [1.82, 2.24) is 0 Å². The first-order valence-electron chi connectivity index (χ1n) is 6.14. The average molecular weight is 229 g/mol. The summed E-state index contributed by atoms with van der Waals surface area (Å²) < 4.78 is 0. The van der Waals surface area contributed by atoms with Crippen LogP contribution in [-0.2, 0) is 0 Å². The van der Waals surface area contributed by atoms with Crippen molar-refractivity contribution in [3.63, 3.8) is 0 Å². The molecular weight excluding hydrogens is 210 g/mol. The lowest BCUT2D eigenvalue weighted by Gasteiger charge is -2.18. The van der Waals surface area contributed by atoms with Crippen molar-refractivity contribution in [2.75, 3.05) is 24.3 Å². The van der Waals surface area contributed by atoms with Crippen LogP contribution in [-0.4, -0.2) is 20.1 Å². The van der Waals surface area contributed by atoms with Gasteiger partial charge in [0.2, 0.25) is 0 Å². The molecule has 0 saturated heterocycles. The zero-order chi connectivity index (χ0) is 12.3. The van der Waals surface area contributed by atoms with Crippen molar-refractivity contribution in [1.29, 1.82) is 5.26 Å². The molecule has 1 saturated carbocycles. The molecule has 1 aromatic carbocycles. The SMILES string of the molecule is CN(C)c1ccc(NC2CCCC2C#N)cc1. The first-order chi connectivity index (χ1) is 8.20. The smallest absolute Gasteiger partial charge is 0.0677 e. The van der Waals surface area contributed by atoms with E-state index in [4.69, 9.17) is 5.26 Å². The van der Waals surface area contributed by atoms with E-state index in [0.717, 1.165) is 24.9 Å². The fourth-order valence-electron chi connectivity index (χ4n) is 2.36. The maximum Gasteiger partial charge on any atom is 0.0677 e. The van der Waals surface area contributed by atoms with Gasteiger partial charge in [0, 0.05) is 31.5 Å². The number of benzene rings is 1. The second-order valence-electron chi connectivity index (χ2n) is 4.86. The van der Waals surface area contributed by atoms with Crippen molar-refractivity contribution in [2.45, 2.75) is 25.3 Å². The summed E-state index contributed by atoms with van der Waals surface area (Å²) in [6.45, 7) is 0. The topological polar surface area (TPSA) is 39.1 Å². The maximum atomic E-state index is 9.03. The quantitative estimate of drug-likeness (QED) is 0.866. The predicted octanol–water partition coefficient (Wildman–Crippen LogP) is 2.86. The molecule has 0 aromatic heterocycles. The van der Waals surface area contributed by atoms with Crippen LogP contribution in [0.5, 0.6) is 0 Å². The van der Waals surface area contributed by atoms with E-state index in [2.05, 4.69) is 40.6 Å². The highest BCUT2D eigenvalue weighted by Gasteiger charge is 2.26. The Morgan fingerprint density at radius 1 is 1.24 bits per heavy atom. The van der Waals surface area contributed by atoms with Gasteiger partial charge in [0.25, 0.3) is 0 Å². The second kappa shape index (κ2) is 5.09. The monoisotopic (exact) mass is 229 g/mol. The van der Waals surface area contributed by atoms with Crippen LogP contribution in [0.2, 0.25) is 0 Å². The first-order valence-corrected chi connectivity index (χ1v) is 6.14. The lowest BCUT2D eigenvalue weighted by atomic mass is 10.1. The van der Waals surface area contributed by atoms with Gasteiger partial charge in [0.05, 0.1) is 12.0 Å². The number of nitrogens with one attached hydrogen (secondary N) is 1. The Morgan fingerprint density at radius 2 is 1.94 bits per heavy atom. The Balaban J connectivity index is 2.02. The Labute approximate surface area is 103 Å². The summed E-state index contributed by atoms with van der Waals surface area (Å²) in [5.74, 6) is 0.170. The summed E-state index contributed by atoms with van der Waals surface area (Å²) in [4.78, 5) is 2.08. The molecule has 0 amide bonds. The number of hydrogen-bond donors (Lipinski definition) is 1. The molecular formula is C14H19N3. The first kappa shape index (κ1) is 11.8. The number of anilines is 2. The van der Waals surface area contributed by atoms with Crippen molar-refractivity contribution < 1.29 is 0 Å². The molecule has 1 aliphatic carbocycles. The van der Waals surface area contributed by atoms with Crippen LogP contribution in [0.1, 0.15) is 19.3 Å². The molecule has 0 aliphatic heterocycles. The van der Waals surface area contributed by atoms with Crippen LogP contribution in [0.25, 0.3) is 0 Å². The highest BCUT2D eigenvalue weighted by Crippen LogP contribution is 2.28. The zero-order valence-corrected chi connectivity index (χ0v) is 10.5. The summed E-state index contributed by atoms with van der Waals surface area (Å²) in [7, 11) is 4.07. The molecule has 1 fully saturated rings. The van der Waals surface area contributed by atoms with Crippen LogP contribution in [0.15, 0.2) is 24.3 Å². The summed E-state index contributed by atoms with van der Waals surface area (Å²) in [5.41, 5.74) is 2.31. The Morgan fingerprint density at radius 3 is 2.53 bits per heavy atom. The van der Waals surface area contributed by atoms with E-state index in [9.17, 15) is 0 Å². The fraction of sp³-hybridized carbons (Fsp3) is 0.500. The molecule has 1 aliphatic rings. The predicted molar refractivity (Wildman–Crippen MR) is 71.1 cm³/mol. The molecule has 1 N–H and O–H groups in total. The van der Waals surface area contributed by atoms with Gasteiger partial charge in [-0.15, -0.1) is 0 Å². The fourth-order valence-corrected chi connectivity index (χ4v) is 2.36. The van der Waals surface area contributed by atoms with Crippen molar-refractivity contribution >= 4 is 11.4 Å². The van der Waals surface area contributed by atoms with E-state index >= 15 is 0 Å². The summed E-state index contributed by atoms with van der Waals surface area (Å²) in [6, 6.07) is 11.1. The van der Waals surface area contributed by atoms with Gasteiger partial charge < -0.3 is 10.2 Å². The minimum absolute atomic E-state index is 0.170. The maximum absolute atomic E-state index is 9.03. The summed E-state index contributed by atoms with van der Waals surface area (Å²) in [6.07, 6.45) is 3.29. The number of nitriles is 1. The molecule has 2 atom stereocenters. The molecule has 0 bridgehead atoms. The third kappa shape index (κ3) is 2.71. The van der Waals surface area contributed by atoms with Crippen LogP contribution in [0.4, 0.5) is 11.4 Å². The van der Waals surface area contributed by atoms with Gasteiger partial charge >= 0.3 is 0 Å². The average Bonchev–Trinajstić information content (AvgIpc) is 2.77. The molecule has 1 aromatic rings. The van der Waals surface area contributed by atoms with E-state index < -0.39 is 0 Å². The van der Waals surface area contributed by atoms with Gasteiger partial charge in [-0.2, -0.15) is 5.26 Å².